The highest BCUT2D eigenvalue weighted by atomic mass is 16.5. The van der Waals surface area contributed by atoms with Crippen LogP contribution < -0.4 is 5.32 Å². The van der Waals surface area contributed by atoms with Crippen molar-refractivity contribution in [2.24, 2.45) is 0 Å². The van der Waals surface area contributed by atoms with Crippen LogP contribution in [0.25, 0.3) is 0 Å². The lowest BCUT2D eigenvalue weighted by molar-refractivity contribution is -0.148. The monoisotopic (exact) mass is 242 g/mol. The van der Waals surface area contributed by atoms with E-state index in [1.807, 2.05) is 14.0 Å². The molecule has 100 valence electrons. The molecule has 0 amide bonds. The van der Waals surface area contributed by atoms with Gasteiger partial charge in [0.15, 0.2) is 0 Å². The van der Waals surface area contributed by atoms with Crippen molar-refractivity contribution in [3.8, 4) is 0 Å². The number of nitrogens with zero attached hydrogens (tertiary/aromatic N) is 1. The molecule has 0 aromatic heterocycles. The number of likely N-dealkylation sites (N-methyl/N-ethyl adjacent to an activating group) is 1. The van der Waals surface area contributed by atoms with Crippen LogP contribution in [-0.4, -0.2) is 49.7 Å². The van der Waals surface area contributed by atoms with Crippen molar-refractivity contribution in [1.82, 2.24) is 10.2 Å². The molecule has 0 aromatic rings. The van der Waals surface area contributed by atoms with Crippen molar-refractivity contribution in [1.29, 1.82) is 0 Å². The molecule has 1 saturated heterocycles. The van der Waals surface area contributed by atoms with Gasteiger partial charge >= 0.3 is 5.97 Å². The topological polar surface area (TPSA) is 41.6 Å². The van der Waals surface area contributed by atoms with Crippen LogP contribution in [0.1, 0.15) is 39.5 Å². The number of likely N-dealkylation sites (tertiary alicyclic amines) is 1. The maximum Gasteiger partial charge on any atom is 0.325 e. The van der Waals surface area contributed by atoms with Crippen LogP contribution in [0.15, 0.2) is 0 Å². The highest BCUT2D eigenvalue weighted by molar-refractivity contribution is 5.80. The Hall–Kier alpha value is -0.610. The minimum absolute atomic E-state index is 0.174. The van der Waals surface area contributed by atoms with Crippen molar-refractivity contribution in [2.45, 2.75) is 51.1 Å². The maximum atomic E-state index is 11.7. The first-order valence-electron chi connectivity index (χ1n) is 6.58. The number of nitrogens with one attached hydrogen (secondary N) is 1. The van der Waals surface area contributed by atoms with Crippen LogP contribution in [-0.2, 0) is 9.53 Å². The predicted molar refractivity (Wildman–Crippen MR) is 69.0 cm³/mol. The molecule has 17 heavy (non-hydrogen) atoms. The standard InChI is InChI=1S/C13H26N2O2/c1-5-11-7-6-9-15(11)10-8-13(2,14-3)12(16)17-4/h11,14H,5-10H2,1-4H3. The van der Waals surface area contributed by atoms with Crippen LogP contribution in [0.3, 0.4) is 0 Å². The molecule has 1 fully saturated rings. The number of esters is 1. The van der Waals surface area contributed by atoms with E-state index in [9.17, 15) is 4.79 Å². The minimum atomic E-state index is -0.560. The van der Waals surface area contributed by atoms with Crippen molar-refractivity contribution in [2.75, 3.05) is 27.2 Å². The average Bonchev–Trinajstić information content (AvgIpc) is 2.82. The van der Waals surface area contributed by atoms with Gasteiger partial charge in [-0.2, -0.15) is 0 Å². The summed E-state index contributed by atoms with van der Waals surface area (Å²) in [4.78, 5) is 14.2. The largest absolute Gasteiger partial charge is 0.468 e. The summed E-state index contributed by atoms with van der Waals surface area (Å²) >= 11 is 0. The fourth-order valence-corrected chi connectivity index (χ4v) is 2.57. The third-order valence-electron chi connectivity index (χ3n) is 4.06. The number of rotatable bonds is 6. The highest BCUT2D eigenvalue weighted by Crippen LogP contribution is 2.22. The molecule has 0 bridgehead atoms. The van der Waals surface area contributed by atoms with Crippen LogP contribution >= 0.6 is 0 Å². The fraction of sp³-hybridized carbons (Fsp3) is 0.923. The fourth-order valence-electron chi connectivity index (χ4n) is 2.57. The number of hydrogen-bond acceptors (Lipinski definition) is 4. The van der Waals surface area contributed by atoms with E-state index in [0.717, 1.165) is 13.0 Å². The van der Waals surface area contributed by atoms with Gasteiger partial charge in [0, 0.05) is 12.6 Å². The molecule has 1 N–H and O–H groups in total. The molecule has 2 unspecified atom stereocenters. The molecule has 4 nitrogen and oxygen atoms in total. The Morgan fingerprint density at radius 1 is 1.59 bits per heavy atom. The second-order valence-corrected chi connectivity index (χ2v) is 5.06. The molecule has 1 aliphatic rings. The van der Waals surface area contributed by atoms with Crippen molar-refractivity contribution in [3.63, 3.8) is 0 Å². The first-order valence-corrected chi connectivity index (χ1v) is 6.58. The van der Waals surface area contributed by atoms with Crippen molar-refractivity contribution < 1.29 is 9.53 Å². The third-order valence-corrected chi connectivity index (χ3v) is 4.06. The lowest BCUT2D eigenvalue weighted by atomic mass is 9.97. The number of methoxy groups -OCH3 is 1. The lowest BCUT2D eigenvalue weighted by Crippen LogP contribution is -2.50. The van der Waals surface area contributed by atoms with Gasteiger partial charge in [-0.25, -0.2) is 0 Å². The smallest absolute Gasteiger partial charge is 0.325 e. The Kier molecular flexibility index (Phi) is 5.40. The van der Waals surface area contributed by atoms with E-state index < -0.39 is 5.54 Å². The van der Waals surface area contributed by atoms with Gasteiger partial charge in [-0.3, -0.25) is 4.79 Å². The maximum absolute atomic E-state index is 11.7. The van der Waals surface area contributed by atoms with E-state index in [-0.39, 0.29) is 5.97 Å². The van der Waals surface area contributed by atoms with E-state index in [4.69, 9.17) is 4.74 Å². The van der Waals surface area contributed by atoms with E-state index >= 15 is 0 Å². The molecule has 1 heterocycles. The normalized spacial score (nSPS) is 24.6. The van der Waals surface area contributed by atoms with Gasteiger partial charge in [0.2, 0.25) is 0 Å². The Balaban J connectivity index is 2.50. The molecule has 0 radical (unpaired) electrons. The van der Waals surface area contributed by atoms with Gasteiger partial charge in [0.25, 0.3) is 0 Å². The van der Waals surface area contributed by atoms with Crippen LogP contribution in [0.4, 0.5) is 0 Å². The van der Waals surface area contributed by atoms with Crippen LogP contribution in [0.5, 0.6) is 0 Å². The molecule has 0 aliphatic carbocycles. The zero-order valence-electron chi connectivity index (χ0n) is 11.6. The number of carbonyl (C=O) groups excluding carboxylic acids is 1. The van der Waals surface area contributed by atoms with E-state index in [1.165, 1.54) is 32.9 Å². The summed E-state index contributed by atoms with van der Waals surface area (Å²) in [6, 6.07) is 0.703. The van der Waals surface area contributed by atoms with Gasteiger partial charge in [-0.1, -0.05) is 6.92 Å². The van der Waals surface area contributed by atoms with Crippen LogP contribution in [0, 0.1) is 0 Å². The van der Waals surface area contributed by atoms with E-state index in [0.29, 0.717) is 6.04 Å². The second-order valence-electron chi connectivity index (χ2n) is 5.06. The number of ether oxygens (including phenoxy) is 1. The summed E-state index contributed by atoms with van der Waals surface area (Å²) in [5.41, 5.74) is -0.560. The van der Waals surface area contributed by atoms with E-state index in [2.05, 4.69) is 17.1 Å². The van der Waals surface area contributed by atoms with Gasteiger partial charge in [-0.15, -0.1) is 0 Å². The summed E-state index contributed by atoms with van der Waals surface area (Å²) in [5, 5.41) is 3.08. The minimum Gasteiger partial charge on any atom is -0.468 e. The zero-order valence-corrected chi connectivity index (χ0v) is 11.6. The molecule has 1 rings (SSSR count). The quantitative estimate of drug-likeness (QED) is 0.715. The molecule has 0 spiro atoms. The molecule has 1 aliphatic heterocycles. The Morgan fingerprint density at radius 3 is 2.82 bits per heavy atom. The molecular formula is C13H26N2O2. The average molecular weight is 242 g/mol. The second kappa shape index (κ2) is 6.36. The molecular weight excluding hydrogens is 216 g/mol. The summed E-state index contributed by atoms with van der Waals surface area (Å²) in [6.07, 6.45) is 4.58. The first-order chi connectivity index (χ1) is 8.07. The zero-order chi connectivity index (χ0) is 12.9. The first kappa shape index (κ1) is 14.5. The lowest BCUT2D eigenvalue weighted by Gasteiger charge is -2.30. The molecule has 4 heteroatoms. The summed E-state index contributed by atoms with van der Waals surface area (Å²) in [5.74, 6) is -0.174. The Morgan fingerprint density at radius 2 is 2.29 bits per heavy atom. The Labute approximate surface area is 105 Å². The summed E-state index contributed by atoms with van der Waals surface area (Å²) in [6.45, 7) is 6.28. The SMILES string of the molecule is CCC1CCCN1CCC(C)(NC)C(=O)OC. The molecule has 0 saturated carbocycles. The number of carbonyl (C=O) groups is 1. The van der Waals surface area contributed by atoms with Gasteiger partial charge in [0.1, 0.15) is 5.54 Å². The van der Waals surface area contributed by atoms with Gasteiger partial charge in [-0.05, 0) is 46.2 Å². The van der Waals surface area contributed by atoms with E-state index in [1.54, 1.807) is 0 Å². The Bertz CT molecular complexity index is 258. The third kappa shape index (κ3) is 3.42. The highest BCUT2D eigenvalue weighted by Gasteiger charge is 2.34. The van der Waals surface area contributed by atoms with Crippen molar-refractivity contribution >= 4 is 5.97 Å². The number of hydrogen-bond donors (Lipinski definition) is 1. The van der Waals surface area contributed by atoms with Crippen molar-refractivity contribution in [3.05, 3.63) is 0 Å². The van der Waals surface area contributed by atoms with Crippen LogP contribution in [0.2, 0.25) is 0 Å². The summed E-state index contributed by atoms with van der Waals surface area (Å²) in [7, 11) is 3.26. The molecule has 0 aromatic carbocycles. The molecule has 2 atom stereocenters. The van der Waals surface area contributed by atoms with Gasteiger partial charge in [0.05, 0.1) is 7.11 Å². The predicted octanol–water partition coefficient (Wildman–Crippen LogP) is 1.40. The van der Waals surface area contributed by atoms with Gasteiger partial charge < -0.3 is 15.0 Å². The summed E-state index contributed by atoms with van der Waals surface area (Å²) < 4.78 is 4.85.